The van der Waals surface area contributed by atoms with Crippen molar-refractivity contribution >= 4 is 40.7 Å². The van der Waals surface area contributed by atoms with E-state index in [2.05, 4.69) is 21.2 Å². The number of rotatable bonds is 3. The maximum absolute atomic E-state index is 13.9. The number of carbonyl (C=O) groups is 4. The van der Waals surface area contributed by atoms with Gasteiger partial charge in [0.15, 0.2) is 0 Å². The lowest BCUT2D eigenvalue weighted by Crippen LogP contribution is -2.62. The quantitative estimate of drug-likeness (QED) is 0.381. The SMILES string of the molecule is CC(C)C1NC(=O)C(C)(C)/C=C/c2ccc3ccc(nc3c2)[C@@H](C)OC(=O)C2CCCN(N2)C(=O)C(Cn2cccn2)NC1=O. The van der Waals surface area contributed by atoms with Crippen molar-refractivity contribution in [3.05, 3.63) is 66.1 Å². The summed E-state index contributed by atoms with van der Waals surface area (Å²) in [7, 11) is 0. The number of pyridine rings is 1. The van der Waals surface area contributed by atoms with E-state index in [4.69, 9.17) is 9.72 Å². The molecule has 3 aromatic rings. The second kappa shape index (κ2) is 13.2. The molecule has 4 heterocycles. The number of esters is 1. The van der Waals surface area contributed by atoms with E-state index in [0.717, 1.165) is 16.5 Å². The molecule has 5 bridgehead atoms. The molecule has 12 heteroatoms. The normalized spacial score (nSPS) is 25.5. The Morgan fingerprint density at radius 3 is 2.60 bits per heavy atom. The first-order valence-corrected chi connectivity index (χ1v) is 15.4. The van der Waals surface area contributed by atoms with Crippen LogP contribution in [0.5, 0.6) is 0 Å². The highest BCUT2D eigenvalue weighted by molar-refractivity contribution is 5.94. The highest BCUT2D eigenvalue weighted by atomic mass is 16.5. The summed E-state index contributed by atoms with van der Waals surface area (Å²) < 4.78 is 7.37. The van der Waals surface area contributed by atoms with Gasteiger partial charge in [0.2, 0.25) is 11.8 Å². The number of nitrogens with zero attached hydrogens (tertiary/aromatic N) is 4. The van der Waals surface area contributed by atoms with Gasteiger partial charge in [-0.2, -0.15) is 5.10 Å². The van der Waals surface area contributed by atoms with Gasteiger partial charge in [-0.1, -0.05) is 44.2 Å². The average Bonchev–Trinajstić information content (AvgIpc) is 3.54. The molecule has 1 aromatic carbocycles. The third-order valence-corrected chi connectivity index (χ3v) is 8.24. The van der Waals surface area contributed by atoms with Gasteiger partial charge in [-0.05, 0) is 63.3 Å². The molecule has 3 N–H and O–H groups in total. The first-order chi connectivity index (χ1) is 21.4. The molecule has 0 spiro atoms. The van der Waals surface area contributed by atoms with Gasteiger partial charge in [0, 0.05) is 24.3 Å². The molecule has 2 aliphatic rings. The van der Waals surface area contributed by atoms with E-state index < -0.39 is 47.4 Å². The second-order valence-electron chi connectivity index (χ2n) is 12.6. The predicted molar refractivity (Wildman–Crippen MR) is 168 cm³/mol. The molecule has 2 aromatic heterocycles. The molecule has 1 fully saturated rings. The number of fused-ring (bicyclic) bond motifs is 4. The third kappa shape index (κ3) is 7.39. The Kier molecular flexibility index (Phi) is 9.33. The predicted octanol–water partition coefficient (Wildman–Crippen LogP) is 2.91. The van der Waals surface area contributed by atoms with E-state index in [-0.39, 0.29) is 18.4 Å². The smallest absolute Gasteiger partial charge is 0.325 e. The number of cyclic esters (lactones) is 1. The summed E-state index contributed by atoms with van der Waals surface area (Å²) >= 11 is 0. The first kappa shape index (κ1) is 31.8. The maximum atomic E-state index is 13.9. The summed E-state index contributed by atoms with van der Waals surface area (Å²) in [6.45, 7) is 9.38. The Balaban J connectivity index is 1.51. The molecule has 238 valence electrons. The number of hydrogen-bond donors (Lipinski definition) is 3. The van der Waals surface area contributed by atoms with Gasteiger partial charge in [-0.15, -0.1) is 0 Å². The fraction of sp³-hybridized carbons (Fsp3) is 0.455. The van der Waals surface area contributed by atoms with Crippen molar-refractivity contribution in [1.29, 1.82) is 0 Å². The summed E-state index contributed by atoms with van der Waals surface area (Å²) in [6.07, 6.45) is 7.32. The minimum absolute atomic E-state index is 0.0571. The van der Waals surface area contributed by atoms with Crippen molar-refractivity contribution < 1.29 is 23.9 Å². The highest BCUT2D eigenvalue weighted by Crippen LogP contribution is 2.25. The molecule has 12 nitrogen and oxygen atoms in total. The van der Waals surface area contributed by atoms with Crippen molar-refractivity contribution in [1.82, 2.24) is 35.8 Å². The topological polar surface area (TPSA) is 148 Å². The van der Waals surface area contributed by atoms with Crippen LogP contribution in [0.2, 0.25) is 0 Å². The number of carbonyl (C=O) groups excluding carboxylic acids is 4. The van der Waals surface area contributed by atoms with Crippen molar-refractivity contribution in [2.45, 2.75) is 78.2 Å². The van der Waals surface area contributed by atoms with Gasteiger partial charge >= 0.3 is 5.97 Å². The van der Waals surface area contributed by atoms with Crippen LogP contribution < -0.4 is 16.1 Å². The molecule has 1 saturated heterocycles. The van der Waals surface area contributed by atoms with Crippen LogP contribution in [0, 0.1) is 11.3 Å². The van der Waals surface area contributed by atoms with Gasteiger partial charge in [0.05, 0.1) is 23.2 Å². The first-order valence-electron chi connectivity index (χ1n) is 15.4. The van der Waals surface area contributed by atoms with Crippen LogP contribution in [-0.4, -0.2) is 68.1 Å². The van der Waals surface area contributed by atoms with Crippen molar-refractivity contribution in [3.63, 3.8) is 0 Å². The number of hydrogen-bond acceptors (Lipinski definition) is 8. The van der Waals surface area contributed by atoms with Gasteiger partial charge < -0.3 is 15.4 Å². The van der Waals surface area contributed by atoms with Crippen molar-refractivity contribution in [2.24, 2.45) is 11.3 Å². The van der Waals surface area contributed by atoms with E-state index in [1.54, 1.807) is 50.0 Å². The molecule has 4 atom stereocenters. The van der Waals surface area contributed by atoms with Crippen LogP contribution in [0.25, 0.3) is 17.0 Å². The molecule has 45 heavy (non-hydrogen) atoms. The van der Waals surface area contributed by atoms with Crippen molar-refractivity contribution in [3.8, 4) is 0 Å². The number of nitrogens with one attached hydrogen (secondary N) is 3. The molecule has 5 rings (SSSR count). The molecule has 0 saturated carbocycles. The highest BCUT2D eigenvalue weighted by Gasteiger charge is 2.37. The average molecular weight is 616 g/mol. The number of hydrazine groups is 1. The lowest BCUT2D eigenvalue weighted by Gasteiger charge is -2.36. The lowest BCUT2D eigenvalue weighted by molar-refractivity contribution is -0.157. The third-order valence-electron chi connectivity index (χ3n) is 8.24. The van der Waals surface area contributed by atoms with Gasteiger partial charge in [0.1, 0.15) is 24.2 Å². The monoisotopic (exact) mass is 615 g/mol. The van der Waals surface area contributed by atoms with Crippen LogP contribution in [-0.2, 0) is 30.5 Å². The van der Waals surface area contributed by atoms with Gasteiger partial charge in [-0.3, -0.25) is 28.9 Å². The van der Waals surface area contributed by atoms with Crippen LogP contribution in [0.1, 0.15) is 64.8 Å². The molecule has 3 amide bonds. The zero-order valence-electron chi connectivity index (χ0n) is 26.3. The van der Waals surface area contributed by atoms with E-state index in [0.29, 0.717) is 25.1 Å². The maximum Gasteiger partial charge on any atom is 0.325 e. The fourth-order valence-electron chi connectivity index (χ4n) is 5.38. The molecule has 0 radical (unpaired) electrons. The fourth-order valence-corrected chi connectivity index (χ4v) is 5.38. The van der Waals surface area contributed by atoms with Gasteiger partial charge in [-0.25, -0.2) is 10.4 Å². The Labute approximate surface area is 262 Å². The Bertz CT molecular complexity index is 1600. The number of ether oxygens (including phenoxy) is 1. The molecule has 3 unspecified atom stereocenters. The lowest BCUT2D eigenvalue weighted by atomic mass is 9.89. The second-order valence-corrected chi connectivity index (χ2v) is 12.6. The summed E-state index contributed by atoms with van der Waals surface area (Å²) in [4.78, 5) is 59.2. The van der Waals surface area contributed by atoms with Crippen LogP contribution in [0.15, 0.2) is 54.9 Å². The van der Waals surface area contributed by atoms with Crippen LogP contribution >= 0.6 is 0 Å². The molecule has 2 aliphatic heterocycles. The number of benzene rings is 1. The molecular formula is C33H41N7O5. The van der Waals surface area contributed by atoms with E-state index in [1.165, 1.54) is 5.01 Å². The van der Waals surface area contributed by atoms with Crippen molar-refractivity contribution in [2.75, 3.05) is 6.54 Å². The standard InChI is InChI=1S/C33H41N7O5/c1-20(2)28-29(41)36-27(19-39-16-7-15-34-39)30(42)40-17-6-8-25(38-40)31(43)45-21(3)24-12-11-23-10-9-22(18-26(23)35-24)13-14-33(4,5)32(44)37-28/h7,9-16,18,20-21,25,27-28,38H,6,8,17,19H2,1-5H3,(H,36,41)(H,37,44)/b14-13+/t21-,25?,27?,28?/m1/s1. The molecule has 0 aliphatic carbocycles. The number of amides is 3. The van der Waals surface area contributed by atoms with E-state index >= 15 is 0 Å². The minimum atomic E-state index is -1.03. The number of aromatic nitrogens is 3. The summed E-state index contributed by atoms with van der Waals surface area (Å²) in [5.41, 5.74) is 4.21. The van der Waals surface area contributed by atoms with Crippen LogP contribution in [0.4, 0.5) is 0 Å². The molecular weight excluding hydrogens is 574 g/mol. The van der Waals surface area contributed by atoms with Gasteiger partial charge in [0.25, 0.3) is 5.91 Å². The van der Waals surface area contributed by atoms with E-state index in [1.807, 2.05) is 50.3 Å². The largest absolute Gasteiger partial charge is 0.455 e. The van der Waals surface area contributed by atoms with E-state index in [9.17, 15) is 19.2 Å². The Morgan fingerprint density at radius 2 is 1.87 bits per heavy atom. The Morgan fingerprint density at radius 1 is 1.09 bits per heavy atom. The zero-order valence-corrected chi connectivity index (χ0v) is 26.3. The summed E-state index contributed by atoms with van der Waals surface area (Å²) in [5.74, 6) is -2.03. The Hall–Kier alpha value is -4.58. The zero-order chi connectivity index (χ0) is 32.3. The minimum Gasteiger partial charge on any atom is -0.455 e. The van der Waals surface area contributed by atoms with Crippen LogP contribution in [0.3, 0.4) is 0 Å². The summed E-state index contributed by atoms with van der Waals surface area (Å²) in [5, 5.41) is 12.3. The summed E-state index contributed by atoms with van der Waals surface area (Å²) in [6, 6.07) is 8.58.